The lowest BCUT2D eigenvalue weighted by Gasteiger charge is -2.14. The fourth-order valence-corrected chi connectivity index (χ4v) is 0.900. The molecule has 0 fully saturated rings. The Morgan fingerprint density at radius 1 is 1.36 bits per heavy atom. The highest BCUT2D eigenvalue weighted by Crippen LogP contribution is 1.83. The number of halogens is 1. The first-order chi connectivity index (χ1) is 5.91. The summed E-state index contributed by atoms with van der Waals surface area (Å²) < 4.78 is 0. The van der Waals surface area contributed by atoms with Crippen molar-refractivity contribution >= 4 is 24.3 Å². The number of likely N-dealkylation sites (N-methyl/N-ethyl adjacent to an activating group) is 1. The van der Waals surface area contributed by atoms with Crippen LogP contribution >= 0.6 is 12.4 Å². The van der Waals surface area contributed by atoms with Crippen molar-refractivity contribution in [3.8, 4) is 0 Å². The van der Waals surface area contributed by atoms with Gasteiger partial charge in [0.15, 0.2) is 0 Å². The van der Waals surface area contributed by atoms with Crippen molar-refractivity contribution < 1.29 is 14.7 Å². The van der Waals surface area contributed by atoms with Crippen molar-refractivity contribution in [1.29, 1.82) is 0 Å². The zero-order chi connectivity index (χ0) is 10.4. The highest BCUT2D eigenvalue weighted by molar-refractivity contribution is 5.85. The summed E-state index contributed by atoms with van der Waals surface area (Å²) in [7, 11) is 1.59. The van der Waals surface area contributed by atoms with Crippen LogP contribution in [0.5, 0.6) is 0 Å². The van der Waals surface area contributed by atoms with Crippen LogP contribution in [0.25, 0.3) is 0 Å². The molecule has 1 amide bonds. The topological polar surface area (TPSA) is 69.6 Å². The van der Waals surface area contributed by atoms with Crippen LogP contribution in [0.15, 0.2) is 0 Å². The molecule has 0 heterocycles. The van der Waals surface area contributed by atoms with Gasteiger partial charge in [0, 0.05) is 6.04 Å². The molecule has 0 rings (SSSR count). The number of nitrogens with one attached hydrogen (secondary N) is 1. The molecule has 84 valence electrons. The molecule has 0 spiro atoms. The summed E-state index contributed by atoms with van der Waals surface area (Å²) in [4.78, 5) is 22.8. The Kier molecular flexibility index (Phi) is 8.48. The predicted molar refractivity (Wildman–Crippen MR) is 55.7 cm³/mol. The quantitative estimate of drug-likeness (QED) is 0.687. The van der Waals surface area contributed by atoms with Crippen LogP contribution in [-0.2, 0) is 9.59 Å². The molecule has 0 radical (unpaired) electrons. The Balaban J connectivity index is 0. The van der Waals surface area contributed by atoms with E-state index in [0.717, 1.165) is 0 Å². The van der Waals surface area contributed by atoms with Crippen molar-refractivity contribution in [1.82, 2.24) is 10.2 Å². The molecule has 0 aromatic carbocycles. The molecule has 0 aromatic rings. The first-order valence-electron chi connectivity index (χ1n) is 4.11. The lowest BCUT2D eigenvalue weighted by atomic mass is 10.4. The maximum atomic E-state index is 11.1. The van der Waals surface area contributed by atoms with Crippen LogP contribution in [0.2, 0.25) is 0 Å². The average Bonchev–Trinajstić information content (AvgIpc) is 1.80. The molecular weight excluding hydrogens is 208 g/mol. The van der Waals surface area contributed by atoms with E-state index < -0.39 is 5.97 Å². The van der Waals surface area contributed by atoms with Crippen LogP contribution in [0.4, 0.5) is 0 Å². The number of carboxylic acid groups (broad SMARTS) is 1. The first kappa shape index (κ1) is 15.7. The second-order valence-corrected chi connectivity index (χ2v) is 3.29. The maximum absolute atomic E-state index is 11.1. The van der Waals surface area contributed by atoms with Crippen LogP contribution < -0.4 is 5.32 Å². The lowest BCUT2D eigenvalue weighted by molar-refractivity contribution is -0.138. The minimum atomic E-state index is -0.931. The second kappa shape index (κ2) is 7.58. The summed E-state index contributed by atoms with van der Waals surface area (Å²) in [5.74, 6) is -1.08. The third-order valence-corrected chi connectivity index (χ3v) is 1.27. The van der Waals surface area contributed by atoms with Crippen LogP contribution in [-0.4, -0.2) is 48.1 Å². The minimum absolute atomic E-state index is 0. The molecule has 6 heteroatoms. The van der Waals surface area contributed by atoms with Gasteiger partial charge in [-0.3, -0.25) is 14.5 Å². The highest BCUT2D eigenvalue weighted by Gasteiger charge is 2.09. The number of nitrogens with zero attached hydrogens (tertiary/aromatic N) is 1. The van der Waals surface area contributed by atoms with Crippen molar-refractivity contribution in [2.24, 2.45) is 0 Å². The number of amides is 1. The Morgan fingerprint density at radius 2 is 1.86 bits per heavy atom. The van der Waals surface area contributed by atoms with Gasteiger partial charge >= 0.3 is 5.97 Å². The second-order valence-electron chi connectivity index (χ2n) is 3.29. The number of carbonyl (C=O) groups excluding carboxylic acids is 1. The van der Waals surface area contributed by atoms with Gasteiger partial charge in [-0.25, -0.2) is 0 Å². The highest BCUT2D eigenvalue weighted by atomic mass is 35.5. The van der Waals surface area contributed by atoms with Crippen LogP contribution in [0.3, 0.4) is 0 Å². The monoisotopic (exact) mass is 224 g/mol. The van der Waals surface area contributed by atoms with Gasteiger partial charge in [-0.2, -0.15) is 0 Å². The van der Waals surface area contributed by atoms with Gasteiger partial charge < -0.3 is 10.4 Å². The average molecular weight is 225 g/mol. The van der Waals surface area contributed by atoms with Crippen LogP contribution in [0.1, 0.15) is 13.8 Å². The van der Waals surface area contributed by atoms with E-state index in [9.17, 15) is 9.59 Å². The van der Waals surface area contributed by atoms with E-state index in [-0.39, 0.29) is 37.4 Å². The summed E-state index contributed by atoms with van der Waals surface area (Å²) in [6.45, 7) is 3.71. The Hall–Kier alpha value is -0.810. The predicted octanol–water partition coefficient (Wildman–Crippen LogP) is -0.0508. The van der Waals surface area contributed by atoms with E-state index in [1.54, 1.807) is 7.05 Å². The molecule has 0 saturated heterocycles. The maximum Gasteiger partial charge on any atom is 0.317 e. The molecule has 2 N–H and O–H groups in total. The van der Waals surface area contributed by atoms with Gasteiger partial charge in [-0.15, -0.1) is 12.4 Å². The van der Waals surface area contributed by atoms with Gasteiger partial charge in [0.05, 0.1) is 13.1 Å². The van der Waals surface area contributed by atoms with E-state index in [0.29, 0.717) is 0 Å². The summed E-state index contributed by atoms with van der Waals surface area (Å²) in [5, 5.41) is 11.1. The van der Waals surface area contributed by atoms with Crippen molar-refractivity contribution in [2.45, 2.75) is 19.9 Å². The zero-order valence-corrected chi connectivity index (χ0v) is 9.43. The van der Waals surface area contributed by atoms with Gasteiger partial charge in [0.1, 0.15) is 0 Å². The van der Waals surface area contributed by atoms with Crippen LogP contribution in [0, 0.1) is 0 Å². The first-order valence-corrected chi connectivity index (χ1v) is 4.11. The smallest absolute Gasteiger partial charge is 0.317 e. The summed E-state index contributed by atoms with van der Waals surface area (Å²) in [5.41, 5.74) is 0. The number of carbonyl (C=O) groups is 2. The molecule has 0 aliphatic rings. The Labute approximate surface area is 89.9 Å². The fraction of sp³-hybridized carbons (Fsp3) is 0.750. The summed E-state index contributed by atoms with van der Waals surface area (Å²) in [6.07, 6.45) is 0. The fourth-order valence-electron chi connectivity index (χ4n) is 0.900. The molecule has 14 heavy (non-hydrogen) atoms. The molecule has 0 atom stereocenters. The number of carboxylic acids is 1. The van der Waals surface area contributed by atoms with E-state index in [2.05, 4.69) is 5.32 Å². The Bertz CT molecular complexity index is 197. The Morgan fingerprint density at radius 3 is 2.21 bits per heavy atom. The number of aliphatic carboxylic acids is 1. The zero-order valence-electron chi connectivity index (χ0n) is 8.61. The minimum Gasteiger partial charge on any atom is -0.480 e. The molecule has 0 aliphatic carbocycles. The third kappa shape index (κ3) is 9.28. The standard InChI is InChI=1S/C8H16N2O3.ClH/c1-6(2)9-7(11)4-10(3)5-8(12)13;/h6H,4-5H2,1-3H3,(H,9,11)(H,12,13);1H. The van der Waals surface area contributed by atoms with Gasteiger partial charge in [-0.1, -0.05) is 0 Å². The lowest BCUT2D eigenvalue weighted by Crippen LogP contribution is -2.40. The number of hydrogen-bond acceptors (Lipinski definition) is 3. The molecule has 0 aliphatic heterocycles. The van der Waals surface area contributed by atoms with Crippen molar-refractivity contribution in [3.63, 3.8) is 0 Å². The molecule has 0 unspecified atom stereocenters. The molecule has 0 saturated carbocycles. The number of hydrogen-bond donors (Lipinski definition) is 2. The van der Waals surface area contributed by atoms with E-state index in [1.807, 2.05) is 13.8 Å². The van der Waals surface area contributed by atoms with E-state index >= 15 is 0 Å². The van der Waals surface area contributed by atoms with Crippen molar-refractivity contribution in [3.05, 3.63) is 0 Å². The van der Waals surface area contributed by atoms with Gasteiger partial charge in [-0.05, 0) is 20.9 Å². The van der Waals surface area contributed by atoms with Gasteiger partial charge in [0.2, 0.25) is 5.91 Å². The largest absolute Gasteiger partial charge is 0.480 e. The molecular formula is C8H17ClN2O3. The van der Waals surface area contributed by atoms with Crippen molar-refractivity contribution in [2.75, 3.05) is 20.1 Å². The number of rotatable bonds is 5. The van der Waals surface area contributed by atoms with Gasteiger partial charge in [0.25, 0.3) is 0 Å². The SMILES string of the molecule is CC(C)NC(=O)CN(C)CC(=O)O.Cl. The molecule has 0 aromatic heterocycles. The third-order valence-electron chi connectivity index (χ3n) is 1.27. The van der Waals surface area contributed by atoms with E-state index in [1.165, 1.54) is 4.90 Å². The molecule has 5 nitrogen and oxygen atoms in total. The molecule has 0 bridgehead atoms. The summed E-state index contributed by atoms with van der Waals surface area (Å²) >= 11 is 0. The summed E-state index contributed by atoms with van der Waals surface area (Å²) in [6, 6.07) is 0.0886. The van der Waals surface area contributed by atoms with E-state index in [4.69, 9.17) is 5.11 Å². The normalized spacial score (nSPS) is 9.79.